The van der Waals surface area contributed by atoms with Crippen LogP contribution in [0.1, 0.15) is 35.9 Å². The predicted molar refractivity (Wildman–Crippen MR) is 124 cm³/mol. The van der Waals surface area contributed by atoms with Gasteiger partial charge >= 0.3 is 5.97 Å². The van der Waals surface area contributed by atoms with Crippen LogP contribution in [0.15, 0.2) is 61.2 Å². The maximum atomic E-state index is 13.4. The Hall–Kier alpha value is -2.29. The Morgan fingerprint density at radius 1 is 1.33 bits per heavy atom. The summed E-state index contributed by atoms with van der Waals surface area (Å²) >= 11 is 6.38. The van der Waals surface area contributed by atoms with E-state index < -0.39 is 12.0 Å². The molecule has 0 spiro atoms. The third-order valence-electron chi connectivity index (χ3n) is 4.82. The lowest BCUT2D eigenvalue weighted by atomic mass is 10.0. The largest absolute Gasteiger partial charge is 0.463 e. The van der Waals surface area contributed by atoms with Crippen LogP contribution in [0.5, 0.6) is 0 Å². The van der Waals surface area contributed by atoms with Crippen molar-refractivity contribution < 1.29 is 9.53 Å². The average molecular weight is 503 g/mol. The van der Waals surface area contributed by atoms with Gasteiger partial charge in [-0.3, -0.25) is 9.36 Å². The Morgan fingerprint density at radius 3 is 2.80 bits per heavy atom. The van der Waals surface area contributed by atoms with Crippen molar-refractivity contribution in [1.29, 1.82) is 0 Å². The third-order valence-corrected chi connectivity index (χ3v) is 7.59. The van der Waals surface area contributed by atoms with Crippen LogP contribution < -0.4 is 14.9 Å². The number of hydrogen-bond acceptors (Lipinski definition) is 6. The number of halogens is 1. The fourth-order valence-corrected chi connectivity index (χ4v) is 5.62. The number of aromatic nitrogens is 1. The maximum Gasteiger partial charge on any atom is 0.338 e. The molecule has 154 valence electrons. The first-order chi connectivity index (χ1) is 14.4. The SMILES string of the molecule is CCOC(=O)C1=C(C)N=c2s/c(=C\c3ccc(C)c(Br)c3)c(=O)n2[C@H]1c1cccs1. The Labute approximate surface area is 189 Å². The van der Waals surface area contributed by atoms with Crippen molar-refractivity contribution >= 4 is 50.6 Å². The van der Waals surface area contributed by atoms with Gasteiger partial charge in [0.1, 0.15) is 6.04 Å². The molecule has 1 aliphatic rings. The zero-order chi connectivity index (χ0) is 21.4. The van der Waals surface area contributed by atoms with Gasteiger partial charge in [0.05, 0.1) is 22.4 Å². The first-order valence-corrected chi connectivity index (χ1v) is 11.9. The molecule has 0 amide bonds. The number of hydrogen-bond donors (Lipinski definition) is 0. The van der Waals surface area contributed by atoms with Crippen LogP contribution in [0.4, 0.5) is 0 Å². The molecule has 4 rings (SSSR count). The van der Waals surface area contributed by atoms with E-state index in [4.69, 9.17) is 4.74 Å². The fourth-order valence-electron chi connectivity index (χ4n) is 3.36. The summed E-state index contributed by atoms with van der Waals surface area (Å²) in [6.07, 6.45) is 1.86. The van der Waals surface area contributed by atoms with Gasteiger partial charge in [-0.2, -0.15) is 0 Å². The van der Waals surface area contributed by atoms with Crippen molar-refractivity contribution in [2.45, 2.75) is 26.8 Å². The molecule has 3 aromatic rings. The number of ether oxygens (including phenoxy) is 1. The van der Waals surface area contributed by atoms with Crippen LogP contribution in [0.2, 0.25) is 0 Å². The van der Waals surface area contributed by atoms with E-state index in [9.17, 15) is 9.59 Å². The van der Waals surface area contributed by atoms with Gasteiger partial charge in [0.2, 0.25) is 0 Å². The van der Waals surface area contributed by atoms with Crippen molar-refractivity contribution in [3.63, 3.8) is 0 Å². The molecule has 3 heterocycles. The van der Waals surface area contributed by atoms with Crippen LogP contribution in [-0.4, -0.2) is 17.1 Å². The summed E-state index contributed by atoms with van der Waals surface area (Å²) in [7, 11) is 0. The molecule has 5 nitrogen and oxygen atoms in total. The molecule has 1 aromatic carbocycles. The molecule has 0 radical (unpaired) electrons. The average Bonchev–Trinajstić information content (AvgIpc) is 3.33. The monoisotopic (exact) mass is 502 g/mol. The van der Waals surface area contributed by atoms with E-state index in [1.54, 1.807) is 18.4 Å². The molecule has 0 unspecified atom stereocenters. The van der Waals surface area contributed by atoms with E-state index in [-0.39, 0.29) is 12.2 Å². The summed E-state index contributed by atoms with van der Waals surface area (Å²) < 4.78 is 8.46. The minimum absolute atomic E-state index is 0.164. The Kier molecular flexibility index (Phi) is 5.90. The van der Waals surface area contributed by atoms with Gasteiger partial charge in [0.25, 0.3) is 5.56 Å². The van der Waals surface area contributed by atoms with E-state index in [1.807, 2.05) is 48.7 Å². The second kappa shape index (κ2) is 8.45. The summed E-state index contributed by atoms with van der Waals surface area (Å²) in [5.41, 5.74) is 2.88. The zero-order valence-corrected chi connectivity index (χ0v) is 19.9. The lowest BCUT2D eigenvalue weighted by Crippen LogP contribution is -2.39. The first-order valence-electron chi connectivity index (χ1n) is 9.40. The van der Waals surface area contributed by atoms with E-state index in [0.717, 1.165) is 20.5 Å². The quantitative estimate of drug-likeness (QED) is 0.507. The standard InChI is InChI=1S/C22H19BrN2O3S2/c1-4-28-21(27)18-13(3)24-22-25(19(18)16-6-5-9-29-16)20(26)17(30-22)11-14-8-7-12(2)15(23)10-14/h5-11,19H,4H2,1-3H3/b17-11-/t19-/m0/s1. The highest BCUT2D eigenvalue weighted by Gasteiger charge is 2.33. The van der Waals surface area contributed by atoms with Gasteiger partial charge in [-0.1, -0.05) is 45.5 Å². The van der Waals surface area contributed by atoms with Crippen LogP contribution >= 0.6 is 38.6 Å². The molecule has 1 aliphatic heterocycles. The van der Waals surface area contributed by atoms with Crippen LogP contribution in [-0.2, 0) is 9.53 Å². The molecule has 8 heteroatoms. The normalized spacial score (nSPS) is 16.4. The molecule has 0 fully saturated rings. The number of rotatable bonds is 4. The van der Waals surface area contributed by atoms with Gasteiger partial charge in [-0.25, -0.2) is 9.79 Å². The fraction of sp³-hybridized carbons (Fsp3) is 0.227. The van der Waals surface area contributed by atoms with Crippen molar-refractivity contribution in [1.82, 2.24) is 4.57 Å². The molecular weight excluding hydrogens is 484 g/mol. The highest BCUT2D eigenvalue weighted by molar-refractivity contribution is 9.10. The number of fused-ring (bicyclic) bond motifs is 1. The summed E-state index contributed by atoms with van der Waals surface area (Å²) in [6.45, 7) is 5.84. The maximum absolute atomic E-state index is 13.4. The highest BCUT2D eigenvalue weighted by Crippen LogP contribution is 2.33. The summed E-state index contributed by atoms with van der Waals surface area (Å²) in [5, 5.41) is 1.94. The van der Waals surface area contributed by atoms with Gasteiger partial charge < -0.3 is 4.74 Å². The molecular formula is C22H19BrN2O3S2. The summed E-state index contributed by atoms with van der Waals surface area (Å²) in [5.74, 6) is -0.436. The van der Waals surface area contributed by atoms with Crippen molar-refractivity contribution in [3.05, 3.63) is 87.1 Å². The molecule has 1 atom stereocenters. The second-order valence-corrected chi connectivity index (χ2v) is 9.67. The van der Waals surface area contributed by atoms with Crippen molar-refractivity contribution in [3.8, 4) is 0 Å². The number of benzene rings is 1. The second-order valence-electron chi connectivity index (χ2n) is 6.83. The highest BCUT2D eigenvalue weighted by atomic mass is 79.9. The van der Waals surface area contributed by atoms with Crippen LogP contribution in [0.3, 0.4) is 0 Å². The van der Waals surface area contributed by atoms with Gasteiger partial charge in [-0.05, 0) is 55.5 Å². The number of aryl methyl sites for hydroxylation is 1. The first kappa shape index (κ1) is 21.0. The lowest BCUT2D eigenvalue weighted by molar-refractivity contribution is -0.139. The minimum Gasteiger partial charge on any atom is -0.463 e. The predicted octanol–water partition coefficient (Wildman–Crippen LogP) is 3.93. The number of esters is 1. The molecule has 0 saturated heterocycles. The van der Waals surface area contributed by atoms with Gasteiger partial charge in [0.15, 0.2) is 4.80 Å². The van der Waals surface area contributed by atoms with Gasteiger partial charge in [0, 0.05) is 9.35 Å². The smallest absolute Gasteiger partial charge is 0.338 e. The van der Waals surface area contributed by atoms with E-state index in [0.29, 0.717) is 20.6 Å². The van der Waals surface area contributed by atoms with Crippen molar-refractivity contribution in [2.75, 3.05) is 6.61 Å². The lowest BCUT2D eigenvalue weighted by Gasteiger charge is -2.23. The van der Waals surface area contributed by atoms with Crippen molar-refractivity contribution in [2.24, 2.45) is 4.99 Å². The van der Waals surface area contributed by atoms with Crippen LogP contribution in [0, 0.1) is 6.92 Å². The topological polar surface area (TPSA) is 60.7 Å². The van der Waals surface area contributed by atoms with Crippen LogP contribution in [0.25, 0.3) is 6.08 Å². The number of nitrogens with zero attached hydrogens (tertiary/aromatic N) is 2. The number of thiophene rings is 1. The molecule has 2 aromatic heterocycles. The van der Waals surface area contributed by atoms with Gasteiger partial charge in [-0.15, -0.1) is 11.3 Å². The zero-order valence-electron chi connectivity index (χ0n) is 16.6. The third kappa shape index (κ3) is 3.75. The number of thiazole rings is 1. The Bertz CT molecular complexity index is 1330. The molecule has 0 N–H and O–H groups in total. The van der Waals surface area contributed by atoms with E-state index >= 15 is 0 Å². The summed E-state index contributed by atoms with van der Waals surface area (Å²) in [6, 6.07) is 9.28. The molecule has 30 heavy (non-hydrogen) atoms. The summed E-state index contributed by atoms with van der Waals surface area (Å²) in [4.78, 5) is 32.2. The molecule has 0 bridgehead atoms. The minimum atomic E-state index is -0.535. The van der Waals surface area contributed by atoms with E-state index in [2.05, 4.69) is 20.9 Å². The number of allylic oxidation sites excluding steroid dienone is 1. The van der Waals surface area contributed by atoms with E-state index in [1.165, 1.54) is 22.7 Å². The Balaban J connectivity index is 1.93. The molecule has 0 aliphatic carbocycles. The molecule has 0 saturated carbocycles. The Morgan fingerprint density at radius 2 is 2.13 bits per heavy atom. The number of carbonyl (C=O) groups excluding carboxylic acids is 1. The number of carbonyl (C=O) groups is 1.